The van der Waals surface area contributed by atoms with E-state index >= 15 is 0 Å². The minimum atomic E-state index is -0.790. The van der Waals surface area contributed by atoms with Gasteiger partial charge in [-0.3, -0.25) is 4.79 Å². The largest absolute Gasteiger partial charge is 0.383 e. The monoisotopic (exact) mass is 334 g/mol. The van der Waals surface area contributed by atoms with Crippen molar-refractivity contribution in [2.24, 2.45) is 0 Å². The number of hydrogen-bond donors (Lipinski definition) is 0. The molecule has 0 atom stereocenters. The molecule has 0 saturated carbocycles. The highest BCUT2D eigenvalue weighted by Crippen LogP contribution is 2.27. The predicted octanol–water partition coefficient (Wildman–Crippen LogP) is 3.14. The van der Waals surface area contributed by atoms with E-state index in [-0.39, 0.29) is 34.7 Å². The quantitative estimate of drug-likeness (QED) is 0.862. The van der Waals surface area contributed by atoms with E-state index in [2.05, 4.69) is 4.98 Å². The molecule has 0 aliphatic carbocycles. The molecule has 2 aromatic rings. The Morgan fingerprint density at radius 3 is 2.38 bits per heavy atom. The lowest BCUT2D eigenvalue weighted by Gasteiger charge is -2.14. The minimum Gasteiger partial charge on any atom is -0.383 e. The summed E-state index contributed by atoms with van der Waals surface area (Å²) in [5.74, 6) is -1.58. The Morgan fingerprint density at radius 2 is 1.81 bits per heavy atom. The molecule has 1 aromatic carbocycles. The van der Waals surface area contributed by atoms with E-state index in [9.17, 15) is 13.6 Å². The lowest BCUT2D eigenvalue weighted by molar-refractivity contribution is 0.186. The van der Waals surface area contributed by atoms with Crippen molar-refractivity contribution in [2.45, 2.75) is 6.54 Å². The third-order valence-electron chi connectivity index (χ3n) is 2.74. The molecule has 0 saturated heterocycles. The maximum atomic E-state index is 13.4. The molecule has 21 heavy (non-hydrogen) atoms. The summed E-state index contributed by atoms with van der Waals surface area (Å²) in [7, 11) is 1.46. The summed E-state index contributed by atoms with van der Waals surface area (Å²) in [6, 6.07) is 2.84. The molecule has 0 aliphatic heterocycles. The molecular weight excluding hydrogens is 325 g/mol. The van der Waals surface area contributed by atoms with Gasteiger partial charge in [0.1, 0.15) is 11.6 Å². The smallest absolute Gasteiger partial charge is 0.288 e. The van der Waals surface area contributed by atoms with Gasteiger partial charge in [-0.05, 0) is 12.1 Å². The number of nitrogens with zero attached hydrogens (tertiary/aromatic N) is 2. The molecule has 8 heteroatoms. The Bertz CT molecular complexity index is 715. The van der Waals surface area contributed by atoms with Crippen LogP contribution in [0, 0.1) is 11.6 Å². The lowest BCUT2D eigenvalue weighted by atomic mass is 10.1. The maximum absolute atomic E-state index is 13.4. The molecule has 0 bridgehead atoms. The highest BCUT2D eigenvalue weighted by molar-refractivity contribution is 6.33. The second-order valence-corrected chi connectivity index (χ2v) is 4.87. The van der Waals surface area contributed by atoms with Gasteiger partial charge in [-0.25, -0.2) is 13.8 Å². The molecule has 0 fully saturated rings. The highest BCUT2D eigenvalue weighted by atomic mass is 35.5. The minimum absolute atomic E-state index is 0.0847. The van der Waals surface area contributed by atoms with Crippen LogP contribution in [0.5, 0.6) is 0 Å². The second kappa shape index (κ2) is 6.51. The first kappa shape index (κ1) is 15.9. The first-order valence-corrected chi connectivity index (χ1v) is 6.61. The number of ether oxygens (including phenoxy) is 1. The van der Waals surface area contributed by atoms with Crippen LogP contribution in [-0.4, -0.2) is 23.3 Å². The molecule has 112 valence electrons. The normalized spacial score (nSPS) is 10.9. The van der Waals surface area contributed by atoms with Crippen molar-refractivity contribution >= 4 is 23.2 Å². The number of benzene rings is 1. The Morgan fingerprint density at radius 1 is 1.19 bits per heavy atom. The number of rotatable bonds is 4. The Kier molecular flexibility index (Phi) is 4.92. The third kappa shape index (κ3) is 3.40. The van der Waals surface area contributed by atoms with Crippen LogP contribution in [0.3, 0.4) is 0 Å². The van der Waals surface area contributed by atoms with Gasteiger partial charge in [0.05, 0.1) is 12.3 Å². The predicted molar refractivity (Wildman–Crippen MR) is 75.7 cm³/mol. The van der Waals surface area contributed by atoms with E-state index in [1.165, 1.54) is 11.7 Å². The fourth-order valence-electron chi connectivity index (χ4n) is 1.87. The number of hydrogen-bond acceptors (Lipinski definition) is 3. The van der Waals surface area contributed by atoms with Crippen molar-refractivity contribution in [2.75, 3.05) is 13.7 Å². The number of halogens is 4. The molecule has 0 N–H and O–H groups in total. The average Bonchev–Trinajstić information content (AvgIpc) is 2.39. The van der Waals surface area contributed by atoms with Gasteiger partial charge in [-0.15, -0.1) is 0 Å². The molecule has 4 nitrogen and oxygen atoms in total. The van der Waals surface area contributed by atoms with Crippen molar-refractivity contribution in [3.8, 4) is 11.3 Å². The topological polar surface area (TPSA) is 44.1 Å². The van der Waals surface area contributed by atoms with E-state index in [0.29, 0.717) is 0 Å². The summed E-state index contributed by atoms with van der Waals surface area (Å²) in [6.45, 7) is 0.312. The molecule has 0 radical (unpaired) electrons. The molecule has 1 heterocycles. The zero-order chi connectivity index (χ0) is 15.6. The van der Waals surface area contributed by atoms with Gasteiger partial charge in [-0.1, -0.05) is 23.2 Å². The lowest BCUT2D eigenvalue weighted by Crippen LogP contribution is -2.25. The van der Waals surface area contributed by atoms with Crippen molar-refractivity contribution in [3.05, 3.63) is 50.5 Å². The Labute approximate surface area is 128 Å². The van der Waals surface area contributed by atoms with Crippen LogP contribution in [0.1, 0.15) is 0 Å². The molecule has 1 aromatic heterocycles. The van der Waals surface area contributed by atoms with E-state index in [1.54, 1.807) is 0 Å². The van der Waals surface area contributed by atoms with Gasteiger partial charge < -0.3 is 9.30 Å². The molecule has 0 aliphatic rings. The SMILES string of the molecule is COCCn1c(-c2cc(F)cc(F)c2)c(Cl)nc(Cl)c1=O. The molecule has 0 amide bonds. The number of methoxy groups -OCH3 is 1. The Hall–Kier alpha value is -1.50. The fourth-order valence-corrected chi connectivity index (χ4v) is 2.40. The maximum Gasteiger partial charge on any atom is 0.288 e. The average molecular weight is 335 g/mol. The van der Waals surface area contributed by atoms with Crippen molar-refractivity contribution in [1.82, 2.24) is 9.55 Å². The summed E-state index contributed by atoms with van der Waals surface area (Å²) in [4.78, 5) is 15.7. The van der Waals surface area contributed by atoms with Crippen LogP contribution in [0.4, 0.5) is 8.78 Å². The Balaban J connectivity index is 2.71. The number of aromatic nitrogens is 2. The van der Waals surface area contributed by atoms with E-state index in [1.807, 2.05) is 0 Å². The molecule has 0 unspecified atom stereocenters. The zero-order valence-electron chi connectivity index (χ0n) is 10.9. The summed E-state index contributed by atoms with van der Waals surface area (Å²) in [6.07, 6.45) is 0. The zero-order valence-corrected chi connectivity index (χ0v) is 12.4. The first-order chi connectivity index (χ1) is 9.93. The van der Waals surface area contributed by atoms with Crippen molar-refractivity contribution in [1.29, 1.82) is 0 Å². The van der Waals surface area contributed by atoms with Crippen LogP contribution >= 0.6 is 23.2 Å². The van der Waals surface area contributed by atoms with Gasteiger partial charge >= 0.3 is 0 Å². The van der Waals surface area contributed by atoms with Crippen LogP contribution in [0.25, 0.3) is 11.3 Å². The van der Waals surface area contributed by atoms with Crippen LogP contribution in [-0.2, 0) is 11.3 Å². The van der Waals surface area contributed by atoms with Gasteiger partial charge in [0.15, 0.2) is 10.3 Å². The first-order valence-electron chi connectivity index (χ1n) is 5.85. The van der Waals surface area contributed by atoms with E-state index < -0.39 is 17.2 Å². The van der Waals surface area contributed by atoms with Crippen LogP contribution in [0.2, 0.25) is 10.3 Å². The summed E-state index contributed by atoms with van der Waals surface area (Å²) in [5.41, 5.74) is -0.436. The van der Waals surface area contributed by atoms with Gasteiger partial charge in [0, 0.05) is 25.3 Å². The fraction of sp³-hybridized carbons (Fsp3) is 0.231. The molecule has 2 rings (SSSR count). The van der Waals surface area contributed by atoms with E-state index in [4.69, 9.17) is 27.9 Å². The third-order valence-corrected chi connectivity index (χ3v) is 3.25. The van der Waals surface area contributed by atoms with Gasteiger partial charge in [-0.2, -0.15) is 0 Å². The van der Waals surface area contributed by atoms with E-state index in [0.717, 1.165) is 18.2 Å². The van der Waals surface area contributed by atoms with Gasteiger partial charge in [0.25, 0.3) is 5.56 Å². The molecular formula is C13H10Cl2F2N2O2. The summed E-state index contributed by atoms with van der Waals surface area (Å²) < 4.78 is 32.8. The van der Waals surface area contributed by atoms with Crippen molar-refractivity contribution < 1.29 is 13.5 Å². The van der Waals surface area contributed by atoms with Crippen LogP contribution in [0.15, 0.2) is 23.0 Å². The van der Waals surface area contributed by atoms with Gasteiger partial charge in [0.2, 0.25) is 0 Å². The molecule has 0 spiro atoms. The summed E-state index contributed by atoms with van der Waals surface area (Å²) in [5, 5.41) is -0.447. The second-order valence-electron chi connectivity index (χ2n) is 4.15. The standard InChI is InChI=1S/C13H10Cl2F2N2O2/c1-21-3-2-19-10(11(14)18-12(15)13(19)20)7-4-8(16)6-9(17)5-7/h4-6H,2-3H2,1H3. The summed E-state index contributed by atoms with van der Waals surface area (Å²) >= 11 is 11.7. The van der Waals surface area contributed by atoms with Crippen LogP contribution < -0.4 is 5.56 Å². The highest BCUT2D eigenvalue weighted by Gasteiger charge is 2.17. The van der Waals surface area contributed by atoms with Crippen molar-refractivity contribution in [3.63, 3.8) is 0 Å².